The van der Waals surface area contributed by atoms with Crippen LogP contribution in [0.25, 0.3) is 0 Å². The molecule has 2 fully saturated rings. The van der Waals surface area contributed by atoms with E-state index in [0.29, 0.717) is 37.8 Å². The number of aliphatic carboxylic acids is 1. The van der Waals surface area contributed by atoms with Gasteiger partial charge in [-0.3, -0.25) is 24.0 Å². The van der Waals surface area contributed by atoms with Crippen molar-refractivity contribution >= 4 is 53.2 Å². The van der Waals surface area contributed by atoms with Gasteiger partial charge in [-0.15, -0.1) is 0 Å². The Morgan fingerprint density at radius 1 is 1.21 bits per heavy atom. The van der Waals surface area contributed by atoms with Crippen molar-refractivity contribution in [2.75, 3.05) is 11.9 Å². The molecular weight excluding hydrogens is 528 g/mol. The molecule has 4 atom stereocenters. The van der Waals surface area contributed by atoms with Gasteiger partial charge in [-0.25, -0.2) is 0 Å². The van der Waals surface area contributed by atoms with Gasteiger partial charge in [0, 0.05) is 18.7 Å². The number of nitrogens with zero attached hydrogens (tertiary/aromatic N) is 1. The Labute approximate surface area is 232 Å². The molecular formula is C27H35ClN4O7. The van der Waals surface area contributed by atoms with E-state index in [-0.39, 0.29) is 28.8 Å². The van der Waals surface area contributed by atoms with Gasteiger partial charge in [0.25, 0.3) is 5.91 Å². The lowest BCUT2D eigenvalue weighted by molar-refractivity contribution is -0.150. The third kappa shape index (κ3) is 6.58. The van der Waals surface area contributed by atoms with Gasteiger partial charge in [-0.05, 0) is 48.8 Å². The highest BCUT2D eigenvalue weighted by atomic mass is 35.5. The van der Waals surface area contributed by atoms with Crippen molar-refractivity contribution in [1.82, 2.24) is 15.5 Å². The largest absolute Gasteiger partial charge is 0.481 e. The second-order valence-electron chi connectivity index (χ2n) is 11.3. The normalized spacial score (nSPS) is 21.6. The van der Waals surface area contributed by atoms with Crippen LogP contribution in [0.5, 0.6) is 0 Å². The van der Waals surface area contributed by atoms with E-state index in [1.54, 1.807) is 33.8 Å². The number of carboxylic acid groups (broad SMARTS) is 1. The van der Waals surface area contributed by atoms with Gasteiger partial charge in [-0.1, -0.05) is 39.3 Å². The third-order valence-electron chi connectivity index (χ3n) is 7.32. The van der Waals surface area contributed by atoms with E-state index in [9.17, 15) is 28.8 Å². The van der Waals surface area contributed by atoms with Crippen LogP contribution in [-0.2, 0) is 24.0 Å². The summed E-state index contributed by atoms with van der Waals surface area (Å²) in [5, 5.41) is 17.1. The van der Waals surface area contributed by atoms with Crippen LogP contribution >= 0.6 is 11.6 Å². The molecule has 2 aliphatic rings. The molecule has 1 saturated carbocycles. The molecule has 1 aromatic rings. The van der Waals surface area contributed by atoms with Gasteiger partial charge < -0.3 is 30.8 Å². The Morgan fingerprint density at radius 3 is 2.44 bits per heavy atom. The first kappa shape index (κ1) is 30.1. The fraction of sp³-hybridized carbons (Fsp3) is 0.556. The number of carbonyl (C=O) groups excluding carboxylic acids is 5. The SMILES string of the molecule is CCC(=O)Nc1ccc(C(=O)N[C@H](C(=O)N2C[C@@H]3CC[C@@]2(C(=O)N[C@H](C=O)CC(=O)O)C3)C(C)(C)C)c(Cl)c1. The fourth-order valence-corrected chi connectivity index (χ4v) is 5.52. The molecule has 4 amide bonds. The van der Waals surface area contributed by atoms with Crippen LogP contribution in [0.3, 0.4) is 0 Å². The van der Waals surface area contributed by atoms with Gasteiger partial charge in [-0.2, -0.15) is 0 Å². The minimum Gasteiger partial charge on any atom is -0.481 e. The summed E-state index contributed by atoms with van der Waals surface area (Å²) in [7, 11) is 0. The number of rotatable bonds is 10. The molecule has 0 unspecified atom stereocenters. The Hall–Kier alpha value is -3.47. The molecule has 12 heteroatoms. The van der Waals surface area contributed by atoms with Gasteiger partial charge in [0.05, 0.1) is 23.0 Å². The van der Waals surface area contributed by atoms with Crippen molar-refractivity contribution < 1.29 is 33.9 Å². The van der Waals surface area contributed by atoms with Crippen LogP contribution in [-0.4, -0.2) is 70.1 Å². The number of fused-ring (bicyclic) bond motifs is 2. The molecule has 39 heavy (non-hydrogen) atoms. The van der Waals surface area contributed by atoms with E-state index in [2.05, 4.69) is 16.0 Å². The molecule has 4 N–H and O–H groups in total. The quantitative estimate of drug-likeness (QED) is 0.318. The summed E-state index contributed by atoms with van der Waals surface area (Å²) in [6, 6.07) is 2.22. The molecule has 1 aliphatic heterocycles. The average Bonchev–Trinajstić information content (AvgIpc) is 3.45. The molecule has 0 radical (unpaired) electrons. The molecule has 1 saturated heterocycles. The van der Waals surface area contributed by atoms with Crippen LogP contribution in [0.15, 0.2) is 18.2 Å². The summed E-state index contributed by atoms with van der Waals surface area (Å²) in [5.74, 6) is -2.97. The van der Waals surface area contributed by atoms with Crippen molar-refractivity contribution in [2.24, 2.45) is 11.3 Å². The van der Waals surface area contributed by atoms with Crippen LogP contribution in [0.1, 0.15) is 70.2 Å². The zero-order valence-electron chi connectivity index (χ0n) is 22.5. The summed E-state index contributed by atoms with van der Waals surface area (Å²) in [4.78, 5) is 76.2. The number of halogens is 1. The van der Waals surface area contributed by atoms with Gasteiger partial charge in [0.1, 0.15) is 17.9 Å². The number of amides is 4. The number of piperidine rings is 1. The van der Waals surface area contributed by atoms with Crippen molar-refractivity contribution in [3.8, 4) is 0 Å². The zero-order chi connectivity index (χ0) is 29.1. The minimum absolute atomic E-state index is 0.0745. The molecule has 2 bridgehead atoms. The Kier molecular flexibility index (Phi) is 9.05. The Morgan fingerprint density at radius 2 is 1.90 bits per heavy atom. The van der Waals surface area contributed by atoms with Crippen LogP contribution < -0.4 is 16.0 Å². The third-order valence-corrected chi connectivity index (χ3v) is 7.63. The number of nitrogens with one attached hydrogen (secondary N) is 3. The summed E-state index contributed by atoms with van der Waals surface area (Å²) in [6.45, 7) is 7.39. The maximum absolute atomic E-state index is 14.0. The summed E-state index contributed by atoms with van der Waals surface area (Å²) in [5.41, 5.74) is -1.43. The molecule has 11 nitrogen and oxygen atoms in total. The predicted molar refractivity (Wildman–Crippen MR) is 143 cm³/mol. The number of anilines is 1. The van der Waals surface area contributed by atoms with Crippen LogP contribution in [0, 0.1) is 11.3 Å². The number of carbonyl (C=O) groups is 6. The number of benzene rings is 1. The highest BCUT2D eigenvalue weighted by Gasteiger charge is 2.59. The average molecular weight is 563 g/mol. The molecule has 1 heterocycles. The van der Waals surface area contributed by atoms with Crippen molar-refractivity contribution in [1.29, 1.82) is 0 Å². The molecule has 1 aromatic carbocycles. The Bertz CT molecular complexity index is 1180. The molecule has 1 aliphatic carbocycles. The fourth-order valence-electron chi connectivity index (χ4n) is 5.25. The van der Waals surface area contributed by atoms with Crippen LogP contribution in [0.2, 0.25) is 5.02 Å². The zero-order valence-corrected chi connectivity index (χ0v) is 23.3. The number of likely N-dealkylation sites (tertiary alicyclic amines) is 1. The van der Waals surface area contributed by atoms with Gasteiger partial charge >= 0.3 is 5.97 Å². The second kappa shape index (κ2) is 11.7. The van der Waals surface area contributed by atoms with Gasteiger partial charge in [0.2, 0.25) is 17.7 Å². The number of hydrogen-bond acceptors (Lipinski definition) is 6. The number of hydrogen-bond donors (Lipinski definition) is 4. The first-order chi connectivity index (χ1) is 18.2. The second-order valence-corrected chi connectivity index (χ2v) is 11.7. The topological polar surface area (TPSA) is 162 Å². The first-order valence-electron chi connectivity index (χ1n) is 12.9. The van der Waals surface area contributed by atoms with E-state index < -0.39 is 53.1 Å². The van der Waals surface area contributed by atoms with E-state index in [1.807, 2.05) is 0 Å². The van der Waals surface area contributed by atoms with E-state index in [0.717, 1.165) is 0 Å². The smallest absolute Gasteiger partial charge is 0.305 e. The van der Waals surface area contributed by atoms with E-state index >= 15 is 0 Å². The summed E-state index contributed by atoms with van der Waals surface area (Å²) >= 11 is 6.34. The monoisotopic (exact) mass is 562 g/mol. The lowest BCUT2D eigenvalue weighted by atomic mass is 9.84. The Balaban J connectivity index is 1.84. The molecule has 0 aromatic heterocycles. The molecule has 212 valence electrons. The maximum Gasteiger partial charge on any atom is 0.305 e. The predicted octanol–water partition coefficient (Wildman–Crippen LogP) is 2.37. The standard InChI is InChI=1S/C27H35ClN4O7/c1-5-20(34)29-16-6-7-18(19(28)10-16)23(37)31-22(26(2,3)4)24(38)32-13-15-8-9-27(32,12-15)25(39)30-17(14-33)11-21(35)36/h6-7,10,14-15,17,22H,5,8-9,11-13H2,1-4H3,(H,29,34)(H,30,39)(H,31,37)(H,35,36)/t15-,17+,22-,27+/m1/s1. The van der Waals surface area contributed by atoms with Crippen molar-refractivity contribution in [3.63, 3.8) is 0 Å². The van der Waals surface area contributed by atoms with Crippen molar-refractivity contribution in [2.45, 2.75) is 77.4 Å². The van der Waals surface area contributed by atoms with E-state index in [1.165, 1.54) is 17.0 Å². The highest BCUT2D eigenvalue weighted by molar-refractivity contribution is 6.34. The maximum atomic E-state index is 14.0. The molecule has 0 spiro atoms. The molecule has 3 rings (SSSR count). The summed E-state index contributed by atoms with van der Waals surface area (Å²) < 4.78 is 0. The van der Waals surface area contributed by atoms with Crippen LogP contribution in [0.4, 0.5) is 5.69 Å². The number of carboxylic acids is 1. The number of aldehydes is 1. The van der Waals surface area contributed by atoms with Crippen molar-refractivity contribution in [3.05, 3.63) is 28.8 Å². The highest BCUT2D eigenvalue weighted by Crippen LogP contribution is 2.47. The minimum atomic E-state index is -1.23. The van der Waals surface area contributed by atoms with Gasteiger partial charge in [0.15, 0.2) is 0 Å². The lowest BCUT2D eigenvalue weighted by Gasteiger charge is -2.42. The van der Waals surface area contributed by atoms with E-state index in [4.69, 9.17) is 16.7 Å². The lowest BCUT2D eigenvalue weighted by Crippen LogP contribution is -2.64. The summed E-state index contributed by atoms with van der Waals surface area (Å²) in [6.07, 6.45) is 1.56. The first-order valence-corrected chi connectivity index (χ1v) is 13.3.